The molecule has 1 amide bonds. The van der Waals surface area contributed by atoms with Gasteiger partial charge in [-0.1, -0.05) is 15.9 Å². The van der Waals surface area contributed by atoms with Crippen LogP contribution in [0.25, 0.3) is 0 Å². The van der Waals surface area contributed by atoms with Crippen molar-refractivity contribution in [2.45, 2.75) is 25.2 Å². The Kier molecular flexibility index (Phi) is 5.08. The summed E-state index contributed by atoms with van der Waals surface area (Å²) in [6.07, 6.45) is -0.0778. The number of nitrogens with one attached hydrogen (secondary N) is 1. The summed E-state index contributed by atoms with van der Waals surface area (Å²) in [6, 6.07) is 9.48. The van der Waals surface area contributed by atoms with Crippen molar-refractivity contribution in [2.75, 3.05) is 14.8 Å². The van der Waals surface area contributed by atoms with Crippen LogP contribution < -0.4 is 9.03 Å². The second-order valence-corrected chi connectivity index (χ2v) is 10.7. The number of benzene rings is 2. The number of anilines is 2. The van der Waals surface area contributed by atoms with E-state index in [1.54, 1.807) is 38.1 Å². The Bertz CT molecular complexity index is 1100. The van der Waals surface area contributed by atoms with E-state index in [-0.39, 0.29) is 22.8 Å². The number of hydrogen-bond donors (Lipinski definition) is 1. The van der Waals surface area contributed by atoms with E-state index in [0.717, 1.165) is 8.78 Å². The number of hydrogen-bond acceptors (Lipinski definition) is 5. The summed E-state index contributed by atoms with van der Waals surface area (Å²) in [7, 11) is -7.60. The Morgan fingerprint density at radius 3 is 2.11 bits per heavy atom. The van der Waals surface area contributed by atoms with E-state index >= 15 is 0 Å². The van der Waals surface area contributed by atoms with Crippen molar-refractivity contribution in [1.29, 1.82) is 0 Å². The highest BCUT2D eigenvalue weighted by atomic mass is 79.9. The van der Waals surface area contributed by atoms with Crippen molar-refractivity contribution in [3.05, 3.63) is 52.0 Å². The first-order valence-corrected chi connectivity index (χ1v) is 11.9. The topological polar surface area (TPSA) is 101 Å². The largest absolute Gasteiger partial charge is 0.280 e. The number of amides is 1. The summed E-state index contributed by atoms with van der Waals surface area (Å²) >= 11 is 3.29. The van der Waals surface area contributed by atoms with Gasteiger partial charge in [0.2, 0.25) is 15.9 Å². The van der Waals surface area contributed by atoms with Gasteiger partial charge in [0, 0.05) is 16.6 Å². The normalized spacial score (nSPS) is 16.6. The van der Waals surface area contributed by atoms with Gasteiger partial charge in [-0.3, -0.25) is 9.52 Å². The van der Waals surface area contributed by atoms with Crippen LogP contribution in [0.2, 0.25) is 0 Å². The van der Waals surface area contributed by atoms with Crippen LogP contribution in [-0.2, 0) is 24.8 Å². The number of halogens is 1. The van der Waals surface area contributed by atoms with Gasteiger partial charge in [-0.15, -0.1) is 0 Å². The van der Waals surface area contributed by atoms with Crippen LogP contribution >= 0.6 is 15.9 Å². The summed E-state index contributed by atoms with van der Waals surface area (Å²) in [4.78, 5) is 12.0. The SMILES string of the molecule is Cc1cc(N2C(=O)CCS2(=O)=O)cc(C)c1S(=O)(=O)Nc1ccc(Br)cc1. The van der Waals surface area contributed by atoms with E-state index in [1.807, 2.05) is 0 Å². The van der Waals surface area contributed by atoms with Gasteiger partial charge in [-0.25, -0.2) is 21.1 Å². The van der Waals surface area contributed by atoms with Crippen LogP contribution in [0.4, 0.5) is 11.4 Å². The molecule has 0 bridgehead atoms. The van der Waals surface area contributed by atoms with Crippen molar-refractivity contribution in [3.8, 4) is 0 Å². The minimum Gasteiger partial charge on any atom is -0.280 e. The third-order valence-corrected chi connectivity index (χ3v) is 8.03. The molecular formula is C17H17BrN2O5S2. The summed E-state index contributed by atoms with van der Waals surface area (Å²) < 4.78 is 54.0. The number of rotatable bonds is 4. The van der Waals surface area contributed by atoms with Gasteiger partial charge in [0.25, 0.3) is 10.0 Å². The third kappa shape index (κ3) is 3.87. The molecule has 27 heavy (non-hydrogen) atoms. The lowest BCUT2D eigenvalue weighted by molar-refractivity contribution is -0.116. The van der Waals surface area contributed by atoms with Crippen LogP contribution in [0.15, 0.2) is 45.8 Å². The smallest absolute Gasteiger partial charge is 0.262 e. The predicted molar refractivity (Wildman–Crippen MR) is 107 cm³/mol. The molecule has 0 spiro atoms. The van der Waals surface area contributed by atoms with Gasteiger partial charge in [0.15, 0.2) is 0 Å². The van der Waals surface area contributed by atoms with Gasteiger partial charge in [0.05, 0.1) is 16.3 Å². The standard InChI is InChI=1S/C17H17BrN2O5S2/c1-11-9-15(20-16(21)7-8-26(20,22)23)10-12(2)17(11)27(24,25)19-14-5-3-13(18)4-6-14/h3-6,9-10,19H,7-8H2,1-2H3. The molecule has 3 rings (SSSR count). The Morgan fingerprint density at radius 1 is 1.07 bits per heavy atom. The first-order chi connectivity index (χ1) is 12.5. The van der Waals surface area contributed by atoms with E-state index in [9.17, 15) is 21.6 Å². The van der Waals surface area contributed by atoms with E-state index in [1.165, 1.54) is 12.1 Å². The van der Waals surface area contributed by atoms with Crippen LogP contribution in [0.3, 0.4) is 0 Å². The van der Waals surface area contributed by atoms with Crippen molar-refractivity contribution < 1.29 is 21.6 Å². The molecule has 0 aliphatic carbocycles. The second-order valence-electron chi connectivity index (χ2n) is 6.25. The van der Waals surface area contributed by atoms with Crippen LogP contribution in [0, 0.1) is 13.8 Å². The molecular weight excluding hydrogens is 456 g/mol. The summed E-state index contributed by atoms with van der Waals surface area (Å²) in [5, 5.41) is 0. The van der Waals surface area contributed by atoms with E-state index in [2.05, 4.69) is 20.7 Å². The Hall–Kier alpha value is -1.91. The van der Waals surface area contributed by atoms with E-state index < -0.39 is 26.0 Å². The number of nitrogens with zero attached hydrogens (tertiary/aromatic N) is 1. The second kappa shape index (κ2) is 6.92. The van der Waals surface area contributed by atoms with Crippen molar-refractivity contribution in [2.24, 2.45) is 0 Å². The molecule has 0 unspecified atom stereocenters. The summed E-state index contributed by atoms with van der Waals surface area (Å²) in [5.41, 5.74) is 1.27. The summed E-state index contributed by atoms with van der Waals surface area (Å²) in [6.45, 7) is 3.14. The molecule has 144 valence electrons. The van der Waals surface area contributed by atoms with Crippen molar-refractivity contribution in [3.63, 3.8) is 0 Å². The zero-order chi connectivity index (χ0) is 20.0. The number of sulfonamides is 2. The van der Waals surface area contributed by atoms with E-state index in [4.69, 9.17) is 0 Å². The van der Waals surface area contributed by atoms with Crippen LogP contribution in [0.1, 0.15) is 17.5 Å². The molecule has 1 N–H and O–H groups in total. The molecule has 10 heteroatoms. The average Bonchev–Trinajstić information content (AvgIpc) is 2.81. The molecule has 0 radical (unpaired) electrons. The highest BCUT2D eigenvalue weighted by Gasteiger charge is 2.37. The van der Waals surface area contributed by atoms with Gasteiger partial charge in [-0.05, 0) is 61.4 Å². The van der Waals surface area contributed by atoms with Crippen molar-refractivity contribution in [1.82, 2.24) is 0 Å². The fourth-order valence-electron chi connectivity index (χ4n) is 3.06. The zero-order valence-corrected chi connectivity index (χ0v) is 17.8. The molecule has 7 nitrogen and oxygen atoms in total. The lowest BCUT2D eigenvalue weighted by atomic mass is 10.1. The Labute approximate surface area is 166 Å². The molecule has 1 heterocycles. The van der Waals surface area contributed by atoms with Crippen LogP contribution in [0.5, 0.6) is 0 Å². The van der Waals surface area contributed by atoms with Gasteiger partial charge >= 0.3 is 0 Å². The lowest BCUT2D eigenvalue weighted by Crippen LogP contribution is -2.29. The van der Waals surface area contributed by atoms with Gasteiger partial charge in [0.1, 0.15) is 0 Å². The molecule has 2 aromatic carbocycles. The maximum absolute atomic E-state index is 12.8. The van der Waals surface area contributed by atoms with Crippen LogP contribution in [-0.4, -0.2) is 28.5 Å². The number of carbonyl (C=O) groups excluding carboxylic acids is 1. The predicted octanol–water partition coefficient (Wildman–Crippen LogP) is 2.93. The molecule has 0 aromatic heterocycles. The van der Waals surface area contributed by atoms with Crippen molar-refractivity contribution >= 4 is 53.3 Å². The fraction of sp³-hybridized carbons (Fsp3) is 0.235. The zero-order valence-electron chi connectivity index (χ0n) is 14.6. The maximum Gasteiger partial charge on any atom is 0.262 e. The molecule has 1 aliphatic heterocycles. The first-order valence-electron chi connectivity index (χ1n) is 7.97. The highest BCUT2D eigenvalue weighted by Crippen LogP contribution is 2.32. The first kappa shape index (κ1) is 19.8. The minimum absolute atomic E-state index is 0.0539. The summed E-state index contributed by atoms with van der Waals surface area (Å²) in [5.74, 6) is -0.757. The Balaban J connectivity index is 2.02. The maximum atomic E-state index is 12.8. The Morgan fingerprint density at radius 2 is 1.63 bits per heavy atom. The highest BCUT2D eigenvalue weighted by molar-refractivity contribution is 9.10. The molecule has 0 saturated carbocycles. The molecule has 0 atom stereocenters. The number of aryl methyl sites for hydroxylation is 2. The minimum atomic E-state index is -3.89. The molecule has 2 aromatic rings. The third-order valence-electron chi connectivity index (χ3n) is 4.12. The monoisotopic (exact) mass is 472 g/mol. The lowest BCUT2D eigenvalue weighted by Gasteiger charge is -2.19. The fourth-order valence-corrected chi connectivity index (χ4v) is 6.28. The van der Waals surface area contributed by atoms with E-state index in [0.29, 0.717) is 16.8 Å². The van der Waals surface area contributed by atoms with Gasteiger partial charge in [-0.2, -0.15) is 0 Å². The average molecular weight is 473 g/mol. The van der Waals surface area contributed by atoms with Gasteiger partial charge < -0.3 is 0 Å². The quantitative estimate of drug-likeness (QED) is 0.736. The molecule has 1 saturated heterocycles. The molecule has 1 fully saturated rings. The number of carbonyl (C=O) groups is 1. The molecule has 1 aliphatic rings.